The number of aliphatic carboxylic acids is 1. The maximum absolute atomic E-state index is 10.6. The minimum absolute atomic E-state index is 0.0949. The average molecular weight is 481 g/mol. The summed E-state index contributed by atoms with van der Waals surface area (Å²) >= 11 is 15.2. The fourth-order valence-electron chi connectivity index (χ4n) is 0.309. The Labute approximate surface area is 105 Å². The highest BCUT2D eigenvalue weighted by molar-refractivity contribution is 9.39. The third-order valence-electron chi connectivity index (χ3n) is 0.686. The highest BCUT2D eigenvalue weighted by Gasteiger charge is 2.31. The maximum Gasteiger partial charge on any atom is 0.336 e. The van der Waals surface area contributed by atoms with Crippen molar-refractivity contribution in [2.24, 2.45) is 0 Å². The number of carbonyl (C=O) groups is 1. The lowest BCUT2D eigenvalue weighted by Crippen LogP contribution is -2.14. The van der Waals surface area contributed by atoms with E-state index >= 15 is 0 Å². The quantitative estimate of drug-likeness (QED) is 0.457. The van der Waals surface area contributed by atoms with Gasteiger partial charge in [0.1, 0.15) is 0 Å². The van der Waals surface area contributed by atoms with Crippen molar-refractivity contribution in [3.63, 3.8) is 0 Å². The van der Waals surface area contributed by atoms with Gasteiger partial charge in [-0.25, -0.2) is 4.79 Å². The second kappa shape index (κ2) is 4.74. The first-order valence-electron chi connectivity index (χ1n) is 2.12. The first kappa shape index (κ1) is 12.6. The van der Waals surface area contributed by atoms with Gasteiger partial charge >= 0.3 is 5.97 Å². The van der Waals surface area contributed by atoms with Crippen molar-refractivity contribution < 1.29 is 9.90 Å². The Kier molecular flexibility index (Phi) is 5.43. The molecule has 0 aromatic heterocycles. The molecule has 1 N–H and O–H groups in total. The minimum atomic E-state index is -1.04. The molecule has 0 saturated heterocycles. The van der Waals surface area contributed by atoms with Crippen molar-refractivity contribution in [3.05, 3.63) is 8.96 Å². The van der Waals surface area contributed by atoms with E-state index in [0.717, 1.165) is 0 Å². The first-order valence-corrected chi connectivity index (χ1v) is 6.09. The van der Waals surface area contributed by atoms with Crippen LogP contribution < -0.4 is 0 Å². The molecule has 0 rings (SSSR count). The van der Waals surface area contributed by atoms with Gasteiger partial charge in [0.05, 0.1) is 8.96 Å². The molecule has 0 atom stereocenters. The van der Waals surface area contributed by atoms with Crippen LogP contribution in [0.3, 0.4) is 0 Å². The number of hydrogen-bond acceptors (Lipinski definition) is 1. The lowest BCUT2D eigenvalue weighted by atomic mass is 10.4. The summed E-state index contributed by atoms with van der Waals surface area (Å²) in [5.74, 6) is -1.04. The topological polar surface area (TPSA) is 37.3 Å². The molecule has 0 aromatic carbocycles. The number of rotatable bonds is 1. The zero-order valence-corrected chi connectivity index (χ0v) is 12.7. The fraction of sp³-hybridized carbons (Fsp3) is 0.250. The molecule has 2 nitrogen and oxygen atoms in total. The van der Waals surface area contributed by atoms with Crippen molar-refractivity contribution in [2.45, 2.75) is 2.14 Å². The normalized spacial score (nSPS) is 11.0. The molecule has 0 aliphatic carbocycles. The van der Waals surface area contributed by atoms with Crippen molar-refractivity contribution in [1.29, 1.82) is 0 Å². The molecule has 0 radical (unpaired) electrons. The van der Waals surface area contributed by atoms with E-state index in [1.54, 1.807) is 0 Å². The standard InChI is InChI=1S/C4HBr5O2/c5-2(6)1(3(10)11)4(7,8)9/h(H,10,11). The molecule has 0 fully saturated rings. The van der Waals surface area contributed by atoms with E-state index in [-0.39, 0.29) is 5.57 Å². The van der Waals surface area contributed by atoms with Gasteiger partial charge in [-0.05, 0) is 31.9 Å². The molecule has 0 spiro atoms. The minimum Gasteiger partial charge on any atom is -0.478 e. The van der Waals surface area contributed by atoms with Gasteiger partial charge in [0.25, 0.3) is 0 Å². The molecule has 0 bridgehead atoms. The van der Waals surface area contributed by atoms with Crippen LogP contribution in [-0.4, -0.2) is 13.2 Å². The summed E-state index contributed by atoms with van der Waals surface area (Å²) in [6.45, 7) is 0. The van der Waals surface area contributed by atoms with Gasteiger partial charge in [0.2, 0.25) is 0 Å². The second-order valence-corrected chi connectivity index (χ2v) is 10.8. The Morgan fingerprint density at radius 1 is 1.18 bits per heavy atom. The van der Waals surface area contributed by atoms with E-state index in [4.69, 9.17) is 5.11 Å². The van der Waals surface area contributed by atoms with Gasteiger partial charge in [-0.15, -0.1) is 0 Å². The van der Waals surface area contributed by atoms with Gasteiger partial charge in [0, 0.05) is 0 Å². The molecule has 0 unspecified atom stereocenters. The molecule has 0 amide bonds. The molecular formula is C4HBr5O2. The Balaban J connectivity index is 4.96. The predicted octanol–water partition coefficient (Wildman–Crippen LogP) is 3.91. The maximum atomic E-state index is 10.6. The van der Waals surface area contributed by atoms with Gasteiger partial charge in [0.15, 0.2) is 2.14 Å². The summed E-state index contributed by atoms with van der Waals surface area (Å²) in [6, 6.07) is 0. The molecule has 0 aromatic rings. The Morgan fingerprint density at radius 3 is 1.55 bits per heavy atom. The van der Waals surface area contributed by atoms with Crippen molar-refractivity contribution in [1.82, 2.24) is 0 Å². The lowest BCUT2D eigenvalue weighted by Gasteiger charge is -2.12. The van der Waals surface area contributed by atoms with Gasteiger partial charge < -0.3 is 5.11 Å². The summed E-state index contributed by atoms with van der Waals surface area (Å²) in [6.07, 6.45) is 0. The zero-order valence-electron chi connectivity index (χ0n) is 4.75. The second-order valence-electron chi connectivity index (χ2n) is 1.44. The number of alkyl halides is 3. The zero-order chi connectivity index (χ0) is 9.23. The molecular weight excluding hydrogens is 480 g/mol. The number of carboxylic acid groups (broad SMARTS) is 1. The largest absolute Gasteiger partial charge is 0.478 e. The summed E-state index contributed by atoms with van der Waals surface area (Å²) in [7, 11) is 0. The van der Waals surface area contributed by atoms with Crippen molar-refractivity contribution in [2.75, 3.05) is 0 Å². The fourth-order valence-corrected chi connectivity index (χ4v) is 3.94. The van der Waals surface area contributed by atoms with Crippen LogP contribution in [0.1, 0.15) is 0 Å². The van der Waals surface area contributed by atoms with Crippen LogP contribution in [0.2, 0.25) is 0 Å². The molecule has 0 aliphatic heterocycles. The van der Waals surface area contributed by atoms with Crippen LogP contribution in [0.5, 0.6) is 0 Å². The van der Waals surface area contributed by atoms with E-state index in [0.29, 0.717) is 3.39 Å². The van der Waals surface area contributed by atoms with Crippen LogP contribution in [0.25, 0.3) is 0 Å². The number of hydrogen-bond donors (Lipinski definition) is 1. The highest BCUT2D eigenvalue weighted by Crippen LogP contribution is 2.44. The summed E-state index contributed by atoms with van der Waals surface area (Å²) in [5, 5.41) is 8.67. The Bertz CT molecular complexity index is 199. The Morgan fingerprint density at radius 2 is 1.55 bits per heavy atom. The first-order chi connectivity index (χ1) is 4.76. The van der Waals surface area contributed by atoms with E-state index in [9.17, 15) is 4.79 Å². The number of carboxylic acids is 1. The van der Waals surface area contributed by atoms with Gasteiger partial charge in [-0.3, -0.25) is 0 Å². The van der Waals surface area contributed by atoms with Crippen LogP contribution in [0.4, 0.5) is 0 Å². The van der Waals surface area contributed by atoms with Crippen LogP contribution in [0, 0.1) is 0 Å². The molecule has 0 heterocycles. The summed E-state index contributed by atoms with van der Waals surface area (Å²) < 4.78 is -0.552. The predicted molar refractivity (Wildman–Crippen MR) is 62.0 cm³/mol. The molecule has 0 aliphatic rings. The summed E-state index contributed by atoms with van der Waals surface area (Å²) in [4.78, 5) is 10.6. The van der Waals surface area contributed by atoms with Crippen LogP contribution in [0.15, 0.2) is 8.96 Å². The average Bonchev–Trinajstić information content (AvgIpc) is 1.54. The smallest absolute Gasteiger partial charge is 0.336 e. The molecule has 0 saturated carbocycles. The van der Waals surface area contributed by atoms with E-state index in [2.05, 4.69) is 79.6 Å². The van der Waals surface area contributed by atoms with Crippen LogP contribution >= 0.6 is 79.6 Å². The van der Waals surface area contributed by atoms with Gasteiger partial charge in [-0.2, -0.15) is 0 Å². The number of halogens is 5. The third kappa shape index (κ3) is 4.40. The molecule has 11 heavy (non-hydrogen) atoms. The summed E-state index contributed by atoms with van der Waals surface area (Å²) in [5.41, 5.74) is 0.0949. The van der Waals surface area contributed by atoms with Gasteiger partial charge in [-0.1, -0.05) is 47.8 Å². The van der Waals surface area contributed by atoms with E-state index in [1.165, 1.54) is 0 Å². The van der Waals surface area contributed by atoms with E-state index in [1.807, 2.05) is 0 Å². The highest BCUT2D eigenvalue weighted by atomic mass is 80.0. The Hall–Kier alpha value is 1.61. The lowest BCUT2D eigenvalue weighted by molar-refractivity contribution is -0.132. The van der Waals surface area contributed by atoms with Crippen LogP contribution in [-0.2, 0) is 4.79 Å². The molecule has 7 heteroatoms. The SMILES string of the molecule is O=C(O)C(=C(Br)Br)C(Br)(Br)Br. The third-order valence-corrected chi connectivity index (χ3v) is 2.67. The molecule has 64 valence electrons. The van der Waals surface area contributed by atoms with Crippen molar-refractivity contribution >= 4 is 85.6 Å². The van der Waals surface area contributed by atoms with E-state index < -0.39 is 8.11 Å². The van der Waals surface area contributed by atoms with Crippen molar-refractivity contribution in [3.8, 4) is 0 Å². The monoisotopic (exact) mass is 476 g/mol.